The fourth-order valence-electron chi connectivity index (χ4n) is 3.13. The Labute approximate surface area is 206 Å². The number of nitrogens with zero attached hydrogens (tertiary/aromatic N) is 2. The van der Waals surface area contributed by atoms with Gasteiger partial charge in [0.1, 0.15) is 11.6 Å². The number of H-pyrrole nitrogens is 1. The summed E-state index contributed by atoms with van der Waals surface area (Å²) < 4.78 is 11.3. The molecule has 0 spiro atoms. The Balaban J connectivity index is 1.78. The van der Waals surface area contributed by atoms with E-state index in [9.17, 15) is 14.9 Å². The quantitative estimate of drug-likeness (QED) is 0.322. The molecule has 0 saturated carbocycles. The van der Waals surface area contributed by atoms with Crippen LogP contribution in [0.3, 0.4) is 0 Å². The number of benzene rings is 2. The number of nitriles is 1. The van der Waals surface area contributed by atoms with Gasteiger partial charge < -0.3 is 19.8 Å². The van der Waals surface area contributed by atoms with Gasteiger partial charge in [-0.05, 0) is 31.2 Å². The third kappa shape index (κ3) is 6.31. The minimum Gasteiger partial charge on any atom is -0.490 e. The van der Waals surface area contributed by atoms with E-state index in [1.807, 2.05) is 36.4 Å². The minimum atomic E-state index is -0.557. The molecule has 0 aliphatic heterocycles. The van der Waals surface area contributed by atoms with Crippen molar-refractivity contribution in [3.05, 3.63) is 69.0 Å². The van der Waals surface area contributed by atoms with Crippen LogP contribution in [0.15, 0.2) is 52.4 Å². The molecule has 0 fully saturated rings. The first-order valence-electron chi connectivity index (χ1n) is 10.4. The van der Waals surface area contributed by atoms with Crippen molar-refractivity contribution < 1.29 is 14.3 Å². The summed E-state index contributed by atoms with van der Waals surface area (Å²) in [5.41, 5.74) is 0.904. The van der Waals surface area contributed by atoms with E-state index >= 15 is 0 Å². The van der Waals surface area contributed by atoms with Gasteiger partial charge in [0.2, 0.25) is 0 Å². The van der Waals surface area contributed by atoms with Gasteiger partial charge in [0.15, 0.2) is 23.3 Å². The topological polar surface area (TPSA) is 117 Å². The molecule has 0 radical (unpaired) electrons. The number of halogens is 1. The van der Waals surface area contributed by atoms with Crippen molar-refractivity contribution in [1.29, 1.82) is 5.26 Å². The molecule has 0 bridgehead atoms. The lowest BCUT2D eigenvalue weighted by atomic mass is 10.1. The molecule has 0 aliphatic rings. The second kappa shape index (κ2) is 12.1. The zero-order chi connectivity index (χ0) is 24.5. The first-order valence-corrected chi connectivity index (χ1v) is 12.1. The largest absolute Gasteiger partial charge is 0.490 e. The smallest absolute Gasteiger partial charge is 0.270 e. The molecule has 8 nitrogen and oxygen atoms in total. The van der Waals surface area contributed by atoms with Gasteiger partial charge in [-0.25, -0.2) is 4.98 Å². The monoisotopic (exact) mass is 498 g/mol. The highest BCUT2D eigenvalue weighted by Gasteiger charge is 2.20. The van der Waals surface area contributed by atoms with Crippen LogP contribution in [0.1, 0.15) is 18.1 Å². The number of nitrogens with one attached hydrogen (secondary N) is 2. The summed E-state index contributed by atoms with van der Waals surface area (Å²) in [6, 6.07) is 14.8. The molecule has 2 aromatic carbocycles. The van der Waals surface area contributed by atoms with Gasteiger partial charge in [0.25, 0.3) is 11.5 Å². The van der Waals surface area contributed by atoms with Crippen LogP contribution in [-0.2, 0) is 11.2 Å². The number of hydrogen-bond acceptors (Lipinski definition) is 7. The average molecular weight is 499 g/mol. The first-order chi connectivity index (χ1) is 16.5. The summed E-state index contributed by atoms with van der Waals surface area (Å²) in [6.07, 6.45) is 2.46. The van der Waals surface area contributed by atoms with Crippen LogP contribution in [0.5, 0.6) is 11.5 Å². The van der Waals surface area contributed by atoms with Crippen LogP contribution in [-0.4, -0.2) is 41.9 Å². The SMILES string of the molecule is CCOc1cc(-c2nc(SC)[nH]c(=O)c2C#N)c(Cl)cc1OCC(=O)NCCc1ccccc1. The van der Waals surface area contributed by atoms with Crippen LogP contribution < -0.4 is 20.3 Å². The molecule has 0 saturated heterocycles. The number of aromatic amines is 1. The van der Waals surface area contributed by atoms with Gasteiger partial charge in [-0.3, -0.25) is 9.59 Å². The molecule has 1 heterocycles. The van der Waals surface area contributed by atoms with Crippen molar-refractivity contribution in [2.75, 3.05) is 26.0 Å². The van der Waals surface area contributed by atoms with E-state index in [0.29, 0.717) is 36.0 Å². The van der Waals surface area contributed by atoms with E-state index in [1.54, 1.807) is 19.2 Å². The maximum Gasteiger partial charge on any atom is 0.270 e. The Bertz CT molecular complexity index is 1260. The zero-order valence-electron chi connectivity index (χ0n) is 18.7. The van der Waals surface area contributed by atoms with Crippen LogP contribution in [0, 0.1) is 11.3 Å². The van der Waals surface area contributed by atoms with E-state index < -0.39 is 5.56 Å². The molecule has 176 valence electrons. The number of rotatable bonds is 10. The van der Waals surface area contributed by atoms with Gasteiger partial charge in [0.05, 0.1) is 17.3 Å². The third-order valence-electron chi connectivity index (χ3n) is 4.73. The van der Waals surface area contributed by atoms with Gasteiger partial charge in [-0.15, -0.1) is 0 Å². The molecule has 1 amide bonds. The number of thioether (sulfide) groups is 1. The van der Waals surface area contributed by atoms with Crippen molar-refractivity contribution >= 4 is 29.3 Å². The van der Waals surface area contributed by atoms with E-state index in [-0.39, 0.29) is 34.5 Å². The predicted molar refractivity (Wildman–Crippen MR) is 132 cm³/mol. The maximum absolute atomic E-state index is 12.3. The summed E-state index contributed by atoms with van der Waals surface area (Å²) in [5.74, 6) is 0.295. The first kappa shape index (κ1) is 25.1. The highest BCUT2D eigenvalue weighted by Crippen LogP contribution is 2.39. The number of carbonyl (C=O) groups is 1. The number of ether oxygens (including phenoxy) is 2. The highest BCUT2D eigenvalue weighted by molar-refractivity contribution is 7.98. The van der Waals surface area contributed by atoms with E-state index in [0.717, 1.165) is 5.56 Å². The van der Waals surface area contributed by atoms with Crippen molar-refractivity contribution in [3.8, 4) is 28.8 Å². The Kier molecular flexibility index (Phi) is 8.96. The lowest BCUT2D eigenvalue weighted by Crippen LogP contribution is -2.30. The molecule has 1 aromatic heterocycles. The molecular formula is C24H23ClN4O4S. The van der Waals surface area contributed by atoms with Crippen LogP contribution >= 0.6 is 23.4 Å². The maximum atomic E-state index is 12.3. The summed E-state index contributed by atoms with van der Waals surface area (Å²) in [6.45, 7) is 2.37. The van der Waals surface area contributed by atoms with E-state index in [1.165, 1.54) is 17.8 Å². The molecule has 2 N–H and O–H groups in total. The molecule has 0 atom stereocenters. The third-order valence-corrected chi connectivity index (χ3v) is 5.62. The van der Waals surface area contributed by atoms with Crippen LogP contribution in [0.25, 0.3) is 11.3 Å². The number of amides is 1. The zero-order valence-corrected chi connectivity index (χ0v) is 20.3. The average Bonchev–Trinajstić information content (AvgIpc) is 2.84. The summed E-state index contributed by atoms with van der Waals surface area (Å²) in [7, 11) is 0. The molecule has 3 rings (SSSR count). The van der Waals surface area contributed by atoms with Crippen molar-refractivity contribution in [3.63, 3.8) is 0 Å². The Morgan fingerprint density at radius 1 is 1.24 bits per heavy atom. The molecule has 10 heteroatoms. The van der Waals surface area contributed by atoms with Crippen LogP contribution in [0.2, 0.25) is 5.02 Å². The Morgan fingerprint density at radius 2 is 1.97 bits per heavy atom. The molecule has 0 unspecified atom stereocenters. The lowest BCUT2D eigenvalue weighted by molar-refractivity contribution is -0.123. The normalized spacial score (nSPS) is 10.4. The van der Waals surface area contributed by atoms with Crippen molar-refractivity contribution in [2.24, 2.45) is 0 Å². The molecule has 3 aromatic rings. The highest BCUT2D eigenvalue weighted by atomic mass is 35.5. The van der Waals surface area contributed by atoms with Crippen molar-refractivity contribution in [2.45, 2.75) is 18.5 Å². The fourth-order valence-corrected chi connectivity index (χ4v) is 3.75. The van der Waals surface area contributed by atoms with E-state index in [2.05, 4.69) is 15.3 Å². The predicted octanol–water partition coefficient (Wildman–Crippen LogP) is 3.82. The van der Waals surface area contributed by atoms with E-state index in [4.69, 9.17) is 21.1 Å². The molecule has 0 aliphatic carbocycles. The van der Waals surface area contributed by atoms with Gasteiger partial charge in [-0.1, -0.05) is 53.7 Å². The summed E-state index contributed by atoms with van der Waals surface area (Å²) >= 11 is 7.71. The number of carbonyl (C=O) groups excluding carboxylic acids is 1. The second-order valence-corrected chi connectivity index (χ2v) is 8.20. The molecular weight excluding hydrogens is 476 g/mol. The Morgan fingerprint density at radius 3 is 2.65 bits per heavy atom. The van der Waals surface area contributed by atoms with Crippen molar-refractivity contribution in [1.82, 2.24) is 15.3 Å². The Hall–Kier alpha value is -3.48. The summed E-state index contributed by atoms with van der Waals surface area (Å²) in [5, 5.41) is 12.8. The summed E-state index contributed by atoms with van der Waals surface area (Å²) in [4.78, 5) is 31.4. The number of hydrogen-bond donors (Lipinski definition) is 2. The fraction of sp³-hybridized carbons (Fsp3) is 0.250. The van der Waals surface area contributed by atoms with Crippen LogP contribution in [0.4, 0.5) is 0 Å². The minimum absolute atomic E-state index is 0.145. The number of aromatic nitrogens is 2. The van der Waals surface area contributed by atoms with Gasteiger partial charge in [0, 0.05) is 18.2 Å². The second-order valence-electron chi connectivity index (χ2n) is 7.00. The standard InChI is InChI=1S/C24H23ClN4O4S/c1-3-32-19-11-16(22-17(13-26)23(31)29-24(28-22)34-2)18(25)12-20(19)33-14-21(30)27-10-9-15-7-5-4-6-8-15/h4-8,11-12H,3,9-10,14H2,1-2H3,(H,27,30)(H,28,29,31). The molecule has 34 heavy (non-hydrogen) atoms. The van der Waals surface area contributed by atoms with Gasteiger partial charge in [-0.2, -0.15) is 5.26 Å². The van der Waals surface area contributed by atoms with Gasteiger partial charge >= 0.3 is 0 Å². The lowest BCUT2D eigenvalue weighted by Gasteiger charge is -2.15.